The van der Waals surface area contributed by atoms with Crippen molar-refractivity contribution in [3.63, 3.8) is 0 Å². The zero-order chi connectivity index (χ0) is 22.4. The van der Waals surface area contributed by atoms with E-state index in [1.807, 2.05) is 26.8 Å². The Hall–Kier alpha value is -3.41. The summed E-state index contributed by atoms with van der Waals surface area (Å²) >= 11 is 0. The number of aromatic nitrogens is 2. The summed E-state index contributed by atoms with van der Waals surface area (Å²) in [4.78, 5) is 30.3. The third-order valence-electron chi connectivity index (χ3n) is 4.99. The number of nitriles is 1. The number of benzene rings is 1. The van der Waals surface area contributed by atoms with Gasteiger partial charge in [-0.3, -0.25) is 4.79 Å². The number of hydrogen-bond donors (Lipinski definition) is 1. The van der Waals surface area contributed by atoms with Gasteiger partial charge in [0.15, 0.2) is 0 Å². The van der Waals surface area contributed by atoms with E-state index in [9.17, 15) is 9.59 Å². The van der Waals surface area contributed by atoms with Crippen LogP contribution in [0.15, 0.2) is 28.8 Å². The maximum atomic E-state index is 12.3. The molecule has 0 atom stereocenters. The van der Waals surface area contributed by atoms with E-state index in [1.165, 1.54) is 0 Å². The van der Waals surface area contributed by atoms with Crippen molar-refractivity contribution in [3.05, 3.63) is 35.7 Å². The predicted octanol–water partition coefficient (Wildman–Crippen LogP) is 3.38. The normalized spacial score (nSPS) is 14.7. The minimum absolute atomic E-state index is 0.0286. The summed E-state index contributed by atoms with van der Waals surface area (Å²) in [5.74, 6) is 0.233. The Balaban J connectivity index is 1.41. The molecule has 9 nitrogen and oxygen atoms in total. The second-order valence-electron chi connectivity index (χ2n) is 8.57. The van der Waals surface area contributed by atoms with E-state index in [-0.39, 0.29) is 17.8 Å². The molecule has 2 heterocycles. The lowest BCUT2D eigenvalue weighted by molar-refractivity contribution is 0.0182. The van der Waals surface area contributed by atoms with Gasteiger partial charge in [-0.25, -0.2) is 4.79 Å². The van der Waals surface area contributed by atoms with Gasteiger partial charge in [-0.2, -0.15) is 10.2 Å². The highest BCUT2D eigenvalue weighted by molar-refractivity contribution is 5.90. The van der Waals surface area contributed by atoms with Crippen molar-refractivity contribution in [3.8, 4) is 17.5 Å². The molecule has 0 bridgehead atoms. The van der Waals surface area contributed by atoms with Crippen molar-refractivity contribution in [1.82, 2.24) is 20.4 Å². The van der Waals surface area contributed by atoms with Crippen molar-refractivity contribution in [2.75, 3.05) is 19.6 Å². The minimum atomic E-state index is -0.493. The third-order valence-corrected chi connectivity index (χ3v) is 4.99. The maximum absolute atomic E-state index is 12.3. The van der Waals surface area contributed by atoms with Gasteiger partial charge in [0, 0.05) is 25.2 Å². The maximum Gasteiger partial charge on any atom is 0.410 e. The Labute approximate surface area is 181 Å². The fourth-order valence-corrected chi connectivity index (χ4v) is 3.32. The topological polar surface area (TPSA) is 121 Å². The number of rotatable bonds is 5. The van der Waals surface area contributed by atoms with Crippen molar-refractivity contribution in [2.24, 2.45) is 5.92 Å². The molecule has 1 aromatic carbocycles. The molecule has 31 heavy (non-hydrogen) atoms. The number of nitrogens with zero attached hydrogens (tertiary/aromatic N) is 4. The zero-order valence-electron chi connectivity index (χ0n) is 18.1. The second kappa shape index (κ2) is 9.60. The molecule has 0 radical (unpaired) electrons. The van der Waals surface area contributed by atoms with Gasteiger partial charge >= 0.3 is 6.09 Å². The highest BCUT2D eigenvalue weighted by atomic mass is 16.6. The summed E-state index contributed by atoms with van der Waals surface area (Å²) < 4.78 is 10.6. The molecule has 0 unspecified atom stereocenters. The van der Waals surface area contributed by atoms with Gasteiger partial charge in [0.1, 0.15) is 5.60 Å². The lowest BCUT2D eigenvalue weighted by atomic mass is 9.94. The van der Waals surface area contributed by atoms with Crippen molar-refractivity contribution < 1.29 is 18.8 Å². The first-order valence-corrected chi connectivity index (χ1v) is 10.4. The van der Waals surface area contributed by atoms with Crippen molar-refractivity contribution in [2.45, 2.75) is 45.6 Å². The number of ether oxygens (including phenoxy) is 1. The number of hydrogen-bond acceptors (Lipinski definition) is 7. The molecule has 1 aliphatic heterocycles. The van der Waals surface area contributed by atoms with Crippen molar-refractivity contribution in [1.29, 1.82) is 5.26 Å². The van der Waals surface area contributed by atoms with Gasteiger partial charge in [-0.1, -0.05) is 5.16 Å². The summed E-state index contributed by atoms with van der Waals surface area (Å²) in [7, 11) is 0. The van der Waals surface area contributed by atoms with E-state index in [2.05, 4.69) is 15.5 Å². The molecular weight excluding hydrogens is 398 g/mol. The minimum Gasteiger partial charge on any atom is -0.444 e. The SMILES string of the molecule is CC(C)(C)OC(=O)N1CCC(CCNC(=O)c2noc(-c3ccc(C#N)cc3)n2)CC1. The van der Waals surface area contributed by atoms with Gasteiger partial charge in [-0.05, 0) is 70.2 Å². The Morgan fingerprint density at radius 3 is 2.55 bits per heavy atom. The molecule has 2 amide bonds. The fourth-order valence-electron chi connectivity index (χ4n) is 3.32. The van der Waals surface area contributed by atoms with Crippen LogP contribution in [-0.2, 0) is 4.74 Å². The number of amides is 2. The molecule has 9 heteroatoms. The fraction of sp³-hybridized carbons (Fsp3) is 0.500. The number of likely N-dealkylation sites (tertiary alicyclic amines) is 1. The predicted molar refractivity (Wildman–Crippen MR) is 112 cm³/mol. The molecule has 1 saturated heterocycles. The molecule has 164 valence electrons. The number of carbonyl (C=O) groups is 2. The zero-order valence-corrected chi connectivity index (χ0v) is 18.1. The average molecular weight is 425 g/mol. The molecule has 0 saturated carbocycles. The van der Waals surface area contributed by atoms with Crippen LogP contribution in [0.5, 0.6) is 0 Å². The van der Waals surface area contributed by atoms with E-state index in [0.29, 0.717) is 36.7 Å². The van der Waals surface area contributed by atoms with Crippen LogP contribution in [0.1, 0.15) is 56.2 Å². The molecule has 1 fully saturated rings. The first kappa shape index (κ1) is 22.3. The monoisotopic (exact) mass is 425 g/mol. The number of carbonyl (C=O) groups excluding carboxylic acids is 2. The van der Waals surface area contributed by atoms with Gasteiger partial charge < -0.3 is 19.5 Å². The van der Waals surface area contributed by atoms with Crippen LogP contribution in [0, 0.1) is 17.2 Å². The smallest absolute Gasteiger partial charge is 0.410 e. The lowest BCUT2D eigenvalue weighted by Gasteiger charge is -2.33. The number of nitrogens with one attached hydrogen (secondary N) is 1. The summed E-state index contributed by atoms with van der Waals surface area (Å²) in [5, 5.41) is 15.4. The highest BCUT2D eigenvalue weighted by Crippen LogP contribution is 2.22. The second-order valence-corrected chi connectivity index (χ2v) is 8.57. The van der Waals surface area contributed by atoms with Gasteiger partial charge in [0.25, 0.3) is 17.6 Å². The van der Waals surface area contributed by atoms with E-state index < -0.39 is 11.5 Å². The van der Waals surface area contributed by atoms with Crippen LogP contribution in [0.2, 0.25) is 0 Å². The van der Waals surface area contributed by atoms with Crippen LogP contribution >= 0.6 is 0 Å². The molecule has 1 N–H and O–H groups in total. The Kier molecular flexibility index (Phi) is 6.90. The van der Waals surface area contributed by atoms with Crippen LogP contribution in [0.4, 0.5) is 4.79 Å². The van der Waals surface area contributed by atoms with Gasteiger partial charge in [0.2, 0.25) is 0 Å². The third kappa shape index (κ3) is 6.28. The molecule has 0 spiro atoms. The largest absolute Gasteiger partial charge is 0.444 e. The Morgan fingerprint density at radius 1 is 1.26 bits per heavy atom. The van der Waals surface area contributed by atoms with Crippen LogP contribution in [0.25, 0.3) is 11.5 Å². The standard InChI is InChI=1S/C22H27N5O4/c1-22(2,3)30-21(29)27-12-9-15(10-13-27)8-11-24-19(28)18-25-20(31-26-18)17-6-4-16(14-23)5-7-17/h4-7,15H,8-13H2,1-3H3,(H,24,28). The summed E-state index contributed by atoms with van der Waals surface area (Å²) in [6, 6.07) is 8.72. The van der Waals surface area contributed by atoms with Gasteiger partial charge in [0.05, 0.1) is 11.6 Å². The van der Waals surface area contributed by atoms with Crippen LogP contribution in [-0.4, -0.2) is 52.3 Å². The average Bonchev–Trinajstić information content (AvgIpc) is 3.23. The quantitative estimate of drug-likeness (QED) is 0.779. The summed E-state index contributed by atoms with van der Waals surface area (Å²) in [5.41, 5.74) is 0.674. The Morgan fingerprint density at radius 2 is 1.94 bits per heavy atom. The van der Waals surface area contributed by atoms with E-state index in [4.69, 9.17) is 14.5 Å². The molecule has 2 aromatic rings. The molecule has 3 rings (SSSR count). The van der Waals surface area contributed by atoms with Crippen molar-refractivity contribution >= 4 is 12.0 Å². The van der Waals surface area contributed by atoms with E-state index in [1.54, 1.807) is 29.2 Å². The van der Waals surface area contributed by atoms with E-state index >= 15 is 0 Å². The molecular formula is C22H27N5O4. The van der Waals surface area contributed by atoms with Gasteiger partial charge in [-0.15, -0.1) is 0 Å². The molecule has 1 aromatic heterocycles. The lowest BCUT2D eigenvalue weighted by Crippen LogP contribution is -2.42. The van der Waals surface area contributed by atoms with E-state index in [0.717, 1.165) is 19.3 Å². The molecule has 0 aliphatic carbocycles. The first-order chi connectivity index (χ1) is 14.7. The van der Waals surface area contributed by atoms with Crippen LogP contribution in [0.3, 0.4) is 0 Å². The van der Waals surface area contributed by atoms with Crippen LogP contribution < -0.4 is 5.32 Å². The molecule has 1 aliphatic rings. The number of piperidine rings is 1. The highest BCUT2D eigenvalue weighted by Gasteiger charge is 2.27. The first-order valence-electron chi connectivity index (χ1n) is 10.4. The summed E-state index contributed by atoms with van der Waals surface area (Å²) in [6.45, 7) is 7.39. The summed E-state index contributed by atoms with van der Waals surface area (Å²) in [6.07, 6.45) is 2.29. The Bertz CT molecular complexity index is 948.